The zero-order chi connectivity index (χ0) is 15.5. The second-order valence-electron chi connectivity index (χ2n) is 5.96. The summed E-state index contributed by atoms with van der Waals surface area (Å²) in [4.78, 5) is 10.9. The normalized spacial score (nSPS) is 11.9. The van der Waals surface area contributed by atoms with Crippen LogP contribution < -0.4 is 16.6 Å². The topological polar surface area (TPSA) is 96.1 Å². The molecule has 0 unspecified atom stereocenters. The first kappa shape index (κ1) is 15.9. The van der Waals surface area contributed by atoms with Gasteiger partial charge in [0, 0.05) is 18.0 Å². The fourth-order valence-corrected chi connectivity index (χ4v) is 3.09. The van der Waals surface area contributed by atoms with Crippen molar-refractivity contribution >= 4 is 33.3 Å². The number of nitrogen functional groups attached to an aromatic ring is 1. The lowest BCUT2D eigenvalue weighted by molar-refractivity contribution is 0.248. The summed E-state index contributed by atoms with van der Waals surface area (Å²) in [6.45, 7) is 7.41. The van der Waals surface area contributed by atoms with Gasteiger partial charge in [0.25, 0.3) is 0 Å². The van der Waals surface area contributed by atoms with Crippen LogP contribution in [0.4, 0.5) is 11.8 Å². The Balaban J connectivity index is 2.20. The highest BCUT2D eigenvalue weighted by atomic mass is 32.1. The van der Waals surface area contributed by atoms with Gasteiger partial charge in [0.05, 0.1) is 5.39 Å². The van der Waals surface area contributed by atoms with Crippen LogP contribution in [0.5, 0.6) is 0 Å². The zero-order valence-electron chi connectivity index (χ0n) is 12.7. The molecule has 116 valence electrons. The van der Waals surface area contributed by atoms with Gasteiger partial charge in [0.1, 0.15) is 10.6 Å². The number of aliphatic hydroxyl groups is 1. The summed E-state index contributed by atoms with van der Waals surface area (Å²) in [7, 11) is 0. The average molecular weight is 309 g/mol. The molecule has 5 N–H and O–H groups in total. The molecule has 0 saturated heterocycles. The van der Waals surface area contributed by atoms with Crippen molar-refractivity contribution in [2.75, 3.05) is 23.9 Å². The Morgan fingerprint density at radius 2 is 2.14 bits per heavy atom. The maximum Gasteiger partial charge on any atom is 0.240 e. The Morgan fingerprint density at radius 3 is 2.81 bits per heavy atom. The van der Waals surface area contributed by atoms with Crippen LogP contribution in [-0.2, 0) is 0 Å². The molecule has 21 heavy (non-hydrogen) atoms. The molecule has 7 heteroatoms. The van der Waals surface area contributed by atoms with Gasteiger partial charge in [-0.15, -0.1) is 11.3 Å². The highest BCUT2D eigenvalue weighted by Gasteiger charge is 2.18. The van der Waals surface area contributed by atoms with E-state index in [0.717, 1.165) is 35.4 Å². The first-order valence-corrected chi connectivity index (χ1v) is 7.86. The van der Waals surface area contributed by atoms with Crippen molar-refractivity contribution in [2.45, 2.75) is 33.6 Å². The van der Waals surface area contributed by atoms with Crippen LogP contribution in [0.1, 0.15) is 31.6 Å². The second-order valence-corrected chi connectivity index (χ2v) is 7.20. The summed E-state index contributed by atoms with van der Waals surface area (Å²) in [5.41, 5.74) is 2.60. The highest BCUT2D eigenvalue weighted by molar-refractivity contribution is 7.18. The zero-order valence-corrected chi connectivity index (χ0v) is 13.5. The summed E-state index contributed by atoms with van der Waals surface area (Å²) in [5, 5.41) is 13.4. The van der Waals surface area contributed by atoms with Crippen LogP contribution in [0.2, 0.25) is 0 Å². The van der Waals surface area contributed by atoms with E-state index < -0.39 is 0 Å². The van der Waals surface area contributed by atoms with Crippen molar-refractivity contribution in [1.82, 2.24) is 9.97 Å². The molecule has 0 aromatic carbocycles. The number of hydrazine groups is 1. The molecular weight excluding hydrogens is 286 g/mol. The molecule has 0 saturated carbocycles. The van der Waals surface area contributed by atoms with Gasteiger partial charge in [0.15, 0.2) is 0 Å². The van der Waals surface area contributed by atoms with E-state index >= 15 is 0 Å². The number of nitrogens with zero attached hydrogens (tertiary/aromatic N) is 2. The van der Waals surface area contributed by atoms with Gasteiger partial charge in [-0.1, -0.05) is 13.8 Å². The minimum Gasteiger partial charge on any atom is -0.396 e. The fraction of sp³-hybridized carbons (Fsp3) is 0.571. The number of thiophene rings is 1. The number of nitrogens with one attached hydrogen (secondary N) is 2. The molecule has 0 spiro atoms. The van der Waals surface area contributed by atoms with E-state index in [1.807, 2.05) is 0 Å². The number of aliphatic hydroxyl groups excluding tert-OH is 1. The molecule has 2 rings (SSSR count). The summed E-state index contributed by atoms with van der Waals surface area (Å²) in [6, 6.07) is 2.09. The van der Waals surface area contributed by atoms with Gasteiger partial charge in [-0.25, -0.2) is 10.8 Å². The van der Waals surface area contributed by atoms with E-state index in [4.69, 9.17) is 10.9 Å². The quantitative estimate of drug-likeness (QED) is 0.463. The van der Waals surface area contributed by atoms with Gasteiger partial charge < -0.3 is 10.4 Å². The van der Waals surface area contributed by atoms with Gasteiger partial charge in [-0.05, 0) is 31.2 Å². The second kappa shape index (κ2) is 6.55. The smallest absolute Gasteiger partial charge is 0.240 e. The van der Waals surface area contributed by atoms with Gasteiger partial charge in [-0.2, -0.15) is 4.98 Å². The molecule has 2 aromatic heterocycles. The first-order chi connectivity index (χ1) is 9.95. The molecule has 0 fully saturated rings. The molecule has 0 bridgehead atoms. The SMILES string of the molecule is Cc1cc2c(NCC(C)(C)CCCO)nc(NN)nc2s1. The molecule has 2 aromatic rings. The summed E-state index contributed by atoms with van der Waals surface area (Å²) in [6.07, 6.45) is 1.76. The van der Waals surface area contributed by atoms with Crippen LogP contribution in [0, 0.1) is 12.3 Å². The molecule has 0 aliphatic carbocycles. The van der Waals surface area contributed by atoms with Crippen molar-refractivity contribution < 1.29 is 5.11 Å². The molecule has 2 heterocycles. The third-order valence-corrected chi connectivity index (χ3v) is 4.34. The van der Waals surface area contributed by atoms with E-state index in [1.54, 1.807) is 11.3 Å². The van der Waals surface area contributed by atoms with E-state index in [1.165, 1.54) is 4.88 Å². The molecule has 6 nitrogen and oxygen atoms in total. The van der Waals surface area contributed by atoms with Gasteiger partial charge in [0.2, 0.25) is 5.95 Å². The first-order valence-electron chi connectivity index (χ1n) is 7.05. The summed E-state index contributed by atoms with van der Waals surface area (Å²) < 4.78 is 0. The van der Waals surface area contributed by atoms with E-state index in [-0.39, 0.29) is 12.0 Å². The lowest BCUT2D eigenvalue weighted by Crippen LogP contribution is -2.24. The molecule has 0 aliphatic rings. The number of hydrogen-bond donors (Lipinski definition) is 4. The van der Waals surface area contributed by atoms with Gasteiger partial charge >= 0.3 is 0 Å². The summed E-state index contributed by atoms with van der Waals surface area (Å²) in [5.74, 6) is 6.66. The average Bonchev–Trinajstić information content (AvgIpc) is 2.82. The predicted octanol–water partition coefficient (Wildman–Crippen LogP) is 2.50. The number of aromatic nitrogens is 2. The van der Waals surface area contributed by atoms with E-state index in [0.29, 0.717) is 5.95 Å². The Morgan fingerprint density at radius 1 is 1.38 bits per heavy atom. The fourth-order valence-electron chi connectivity index (χ4n) is 2.21. The monoisotopic (exact) mass is 309 g/mol. The Hall–Kier alpha value is -1.44. The Bertz CT molecular complexity index is 611. The molecule has 0 atom stereocenters. The largest absolute Gasteiger partial charge is 0.396 e. The number of rotatable bonds is 7. The van der Waals surface area contributed by atoms with Gasteiger partial charge in [-0.3, -0.25) is 5.43 Å². The van der Waals surface area contributed by atoms with Crippen LogP contribution in [0.25, 0.3) is 10.2 Å². The van der Waals surface area contributed by atoms with Crippen molar-refractivity contribution in [1.29, 1.82) is 0 Å². The standard InChI is InChI=1S/C14H23N5OS/c1-9-7-10-11(16-8-14(2,3)5-4-6-20)17-13(19-15)18-12(10)21-9/h7,20H,4-6,8,15H2,1-3H3,(H2,16,17,18,19). The maximum atomic E-state index is 8.97. The Labute approximate surface area is 128 Å². The number of fused-ring (bicyclic) bond motifs is 1. The van der Waals surface area contributed by atoms with Crippen LogP contribution in [-0.4, -0.2) is 28.2 Å². The number of hydrogen-bond acceptors (Lipinski definition) is 7. The number of nitrogens with two attached hydrogens (primary N) is 1. The van der Waals surface area contributed by atoms with Crippen LogP contribution in [0.3, 0.4) is 0 Å². The minimum absolute atomic E-state index is 0.0847. The highest BCUT2D eigenvalue weighted by Crippen LogP contribution is 2.30. The minimum atomic E-state index is 0.0847. The number of aryl methyl sites for hydroxylation is 1. The third kappa shape index (κ3) is 4.03. The van der Waals surface area contributed by atoms with E-state index in [2.05, 4.69) is 47.5 Å². The number of anilines is 2. The van der Waals surface area contributed by atoms with Crippen LogP contribution >= 0.6 is 11.3 Å². The molecular formula is C14H23N5OS. The predicted molar refractivity (Wildman–Crippen MR) is 88.6 cm³/mol. The Kier molecular flexibility index (Phi) is 4.97. The van der Waals surface area contributed by atoms with Crippen molar-refractivity contribution in [2.24, 2.45) is 11.3 Å². The lowest BCUT2D eigenvalue weighted by Gasteiger charge is -2.25. The van der Waals surface area contributed by atoms with Crippen LogP contribution in [0.15, 0.2) is 6.07 Å². The molecule has 0 amide bonds. The van der Waals surface area contributed by atoms with Crippen molar-refractivity contribution in [3.63, 3.8) is 0 Å². The van der Waals surface area contributed by atoms with E-state index in [9.17, 15) is 0 Å². The maximum absolute atomic E-state index is 8.97. The third-order valence-electron chi connectivity index (χ3n) is 3.39. The van der Waals surface area contributed by atoms with Crippen molar-refractivity contribution in [3.05, 3.63) is 10.9 Å². The molecule has 0 aliphatic heterocycles. The molecule has 0 radical (unpaired) electrons. The summed E-state index contributed by atoms with van der Waals surface area (Å²) >= 11 is 1.62. The lowest BCUT2D eigenvalue weighted by atomic mass is 9.88. The van der Waals surface area contributed by atoms with Crippen molar-refractivity contribution in [3.8, 4) is 0 Å².